The van der Waals surface area contributed by atoms with Gasteiger partial charge in [0.1, 0.15) is 0 Å². The van der Waals surface area contributed by atoms with Crippen molar-refractivity contribution < 1.29 is 48.9 Å². The summed E-state index contributed by atoms with van der Waals surface area (Å²) in [7, 11) is 0. The molecule has 0 radical (unpaired) electrons. The summed E-state index contributed by atoms with van der Waals surface area (Å²) in [5.74, 6) is -2.02. The Morgan fingerprint density at radius 3 is 1.11 bits per heavy atom. The maximum atomic E-state index is 14.2. The van der Waals surface area contributed by atoms with Gasteiger partial charge in [-0.2, -0.15) is 36.4 Å². The van der Waals surface area contributed by atoms with E-state index in [0.717, 1.165) is 25.0 Å². The predicted octanol–water partition coefficient (Wildman–Crippen LogP) is 13.2. The van der Waals surface area contributed by atoms with Crippen LogP contribution in [-0.2, 0) is 31.3 Å². The van der Waals surface area contributed by atoms with Gasteiger partial charge >= 0.3 is 21.7 Å². The first-order valence-electron chi connectivity index (χ1n) is 19.9. The van der Waals surface area contributed by atoms with Crippen LogP contribution in [0, 0.1) is 69.9 Å². The van der Waals surface area contributed by atoms with Crippen molar-refractivity contribution in [3.63, 3.8) is 0 Å². The third kappa shape index (κ3) is 19.7. The van der Waals surface area contributed by atoms with E-state index in [1.807, 2.05) is 128 Å². The largest absolute Gasteiger partial charge is 4.00 e. The molecule has 0 fully saturated rings. The Morgan fingerprint density at radius 1 is 0.596 bits per heavy atom. The Bertz CT molecular complexity index is 1510. The van der Waals surface area contributed by atoms with Gasteiger partial charge in [-0.15, -0.1) is 36.4 Å². The number of anilines is 2. The van der Waals surface area contributed by atoms with Crippen LogP contribution in [0.5, 0.6) is 0 Å². The molecule has 2 atom stereocenters. The maximum Gasteiger partial charge on any atom is 4.00 e. The van der Waals surface area contributed by atoms with Crippen molar-refractivity contribution in [1.82, 2.24) is 0 Å². The maximum absolute atomic E-state index is 14.2. The first-order chi connectivity index (χ1) is 26.2. The molecule has 57 heavy (non-hydrogen) atoms. The minimum atomic E-state index is -0.818. The second-order valence-electron chi connectivity index (χ2n) is 16.7. The molecule has 0 saturated heterocycles. The summed E-state index contributed by atoms with van der Waals surface area (Å²) in [6.07, 6.45) is 3.16. The van der Waals surface area contributed by atoms with Crippen LogP contribution in [0.15, 0.2) is 84.9 Å². The van der Waals surface area contributed by atoms with E-state index in [1.165, 1.54) is 21.9 Å². The van der Waals surface area contributed by atoms with Crippen LogP contribution in [0.25, 0.3) is 0 Å². The van der Waals surface area contributed by atoms with Gasteiger partial charge in [-0.1, -0.05) is 83.1 Å². The molecule has 0 aliphatic heterocycles. The van der Waals surface area contributed by atoms with E-state index in [2.05, 4.69) is 27.7 Å². The molecule has 0 bridgehead atoms. The fourth-order valence-electron chi connectivity index (χ4n) is 5.93. The van der Waals surface area contributed by atoms with Crippen LogP contribution in [-0.4, -0.2) is 24.9 Å². The van der Waals surface area contributed by atoms with Crippen LogP contribution in [0.3, 0.4) is 0 Å². The zero-order chi connectivity index (χ0) is 42.6. The van der Waals surface area contributed by atoms with E-state index in [4.69, 9.17) is 0 Å². The SMILES string of the molecule is CCC(C)(C)C(=O)N(CC(C)CC(C)C)c1ccc(F)[c-]c1F.CCC(C)(C)C(=O)N(CC(C)CC(C)C)c1ccc(F)[c-]c1F.[Ti+4].c1cc[cH-]c1.c1cc[cH-]c1. The average molecular weight is 827 g/mol. The number of benzene rings is 2. The van der Waals surface area contributed by atoms with Crippen LogP contribution >= 0.6 is 0 Å². The zero-order valence-electron chi connectivity index (χ0n) is 36.4. The summed E-state index contributed by atoms with van der Waals surface area (Å²) in [5, 5.41) is 0. The molecular weight excluding hydrogens is 760 g/mol. The number of amides is 2. The normalized spacial score (nSPS) is 12.1. The van der Waals surface area contributed by atoms with Crippen molar-refractivity contribution in [1.29, 1.82) is 0 Å². The molecule has 0 aromatic heterocycles. The monoisotopic (exact) mass is 826 g/mol. The minimum Gasteiger partial charge on any atom is -0.363 e. The minimum absolute atomic E-state index is 0. The number of rotatable bonds is 14. The quantitative estimate of drug-likeness (QED) is 0.0722. The fourth-order valence-corrected chi connectivity index (χ4v) is 5.93. The van der Waals surface area contributed by atoms with Gasteiger partial charge in [0.05, 0.1) is 0 Å². The molecule has 0 aliphatic carbocycles. The van der Waals surface area contributed by atoms with Gasteiger partial charge in [0.25, 0.3) is 0 Å². The molecule has 4 aromatic rings. The van der Waals surface area contributed by atoms with Gasteiger partial charge in [-0.05, 0) is 60.7 Å². The second-order valence-corrected chi connectivity index (χ2v) is 16.7. The molecule has 0 spiro atoms. The number of carbonyl (C=O) groups excluding carboxylic acids is 2. The Labute approximate surface area is 357 Å². The first-order valence-corrected chi connectivity index (χ1v) is 19.9. The first kappa shape index (κ1) is 53.5. The second kappa shape index (κ2) is 26.5. The molecule has 4 nitrogen and oxygen atoms in total. The molecule has 9 heteroatoms. The third-order valence-corrected chi connectivity index (χ3v) is 9.53. The molecule has 2 amide bonds. The van der Waals surface area contributed by atoms with Gasteiger partial charge in [-0.25, -0.2) is 41.8 Å². The fraction of sp³-hybridized carbons (Fsp3) is 0.500. The van der Waals surface area contributed by atoms with Crippen molar-refractivity contribution in [2.75, 3.05) is 22.9 Å². The number of hydrogen-bond acceptors (Lipinski definition) is 2. The smallest absolute Gasteiger partial charge is 0.363 e. The molecular formula is C48H66F4N2O2Ti. The van der Waals surface area contributed by atoms with Crippen molar-refractivity contribution in [3.8, 4) is 0 Å². The van der Waals surface area contributed by atoms with Gasteiger partial charge in [0, 0.05) is 47.2 Å². The molecule has 0 heterocycles. The van der Waals surface area contributed by atoms with E-state index in [9.17, 15) is 27.2 Å². The molecule has 2 unspecified atom stereocenters. The van der Waals surface area contributed by atoms with E-state index < -0.39 is 34.1 Å². The van der Waals surface area contributed by atoms with E-state index in [0.29, 0.717) is 37.8 Å². The number of hydrogen-bond donors (Lipinski definition) is 0. The standard InChI is InChI=1S/2C19H28F2NO.2C5H5.Ti/c2*1-7-19(5,6)18(23)22(12-14(4)10-13(2)3)17-9-8-15(20)11-16(17)21;2*1-2-4-5-3-1;/h2*8-9,13-14H,7,10,12H2,1-6H3;2*1-5H;/q4*-1;+4. The van der Waals surface area contributed by atoms with Gasteiger partial charge in [0.2, 0.25) is 11.8 Å². The van der Waals surface area contributed by atoms with Crippen LogP contribution in [0.4, 0.5) is 28.9 Å². The Hall–Kier alpha value is -3.49. The van der Waals surface area contributed by atoms with E-state index in [-0.39, 0.29) is 56.7 Å². The Balaban J connectivity index is 0.000000865. The van der Waals surface area contributed by atoms with Gasteiger partial charge < -0.3 is 9.80 Å². The summed E-state index contributed by atoms with van der Waals surface area (Å²) in [6.45, 7) is 24.6. The van der Waals surface area contributed by atoms with Gasteiger partial charge in [0.15, 0.2) is 0 Å². The van der Waals surface area contributed by atoms with Crippen molar-refractivity contribution in [2.45, 2.75) is 109 Å². The Kier molecular flexibility index (Phi) is 24.9. The number of halogens is 4. The van der Waals surface area contributed by atoms with Crippen molar-refractivity contribution in [3.05, 3.63) is 120 Å². The molecule has 4 aromatic carbocycles. The molecule has 0 N–H and O–H groups in total. The summed E-state index contributed by atoms with van der Waals surface area (Å²) in [6, 6.07) is 29.0. The van der Waals surface area contributed by atoms with E-state index >= 15 is 0 Å². The molecule has 312 valence electrons. The van der Waals surface area contributed by atoms with Crippen LogP contribution in [0.1, 0.15) is 109 Å². The van der Waals surface area contributed by atoms with Crippen molar-refractivity contribution >= 4 is 23.2 Å². The summed E-state index contributed by atoms with van der Waals surface area (Å²) in [5.41, 5.74) is -0.987. The number of carbonyl (C=O) groups is 2. The van der Waals surface area contributed by atoms with Gasteiger partial charge in [-0.3, -0.25) is 9.59 Å². The summed E-state index contributed by atoms with van der Waals surface area (Å²) in [4.78, 5) is 28.7. The molecule has 0 aliphatic rings. The van der Waals surface area contributed by atoms with Crippen LogP contribution in [0.2, 0.25) is 0 Å². The van der Waals surface area contributed by atoms with Crippen LogP contribution < -0.4 is 9.80 Å². The van der Waals surface area contributed by atoms with Crippen molar-refractivity contribution in [2.24, 2.45) is 34.5 Å². The average Bonchev–Trinajstić information content (AvgIpc) is 3.90. The summed E-state index contributed by atoms with van der Waals surface area (Å²) >= 11 is 0. The molecule has 4 rings (SSSR count). The van der Waals surface area contributed by atoms with E-state index in [1.54, 1.807) is 0 Å². The number of nitrogens with zero attached hydrogens (tertiary/aromatic N) is 2. The predicted molar refractivity (Wildman–Crippen MR) is 225 cm³/mol. The Morgan fingerprint density at radius 2 is 0.895 bits per heavy atom. The third-order valence-electron chi connectivity index (χ3n) is 9.53. The zero-order valence-corrected chi connectivity index (χ0v) is 37.9. The summed E-state index contributed by atoms with van der Waals surface area (Å²) < 4.78 is 54.6. The molecule has 0 saturated carbocycles. The topological polar surface area (TPSA) is 40.6 Å².